The summed E-state index contributed by atoms with van der Waals surface area (Å²) in [7, 11) is -3.32. The van der Waals surface area contributed by atoms with Gasteiger partial charge in [0.15, 0.2) is 9.84 Å². The van der Waals surface area contributed by atoms with Crippen molar-refractivity contribution in [3.63, 3.8) is 0 Å². The summed E-state index contributed by atoms with van der Waals surface area (Å²) in [5, 5.41) is 3.26. The van der Waals surface area contributed by atoms with E-state index in [0.717, 1.165) is 38.0 Å². The number of aryl methyl sites for hydroxylation is 1. The second kappa shape index (κ2) is 8.58. The maximum atomic E-state index is 12.3. The molecule has 0 aliphatic carbocycles. The van der Waals surface area contributed by atoms with Crippen molar-refractivity contribution < 1.29 is 8.42 Å². The summed E-state index contributed by atoms with van der Waals surface area (Å²) in [4.78, 5) is 5.22. The number of rotatable bonds is 5. The molecule has 3 aromatic carbocycles. The smallest absolute Gasteiger partial charge is 0.175 e. The zero-order chi connectivity index (χ0) is 23.0. The molecule has 3 nitrogen and oxygen atoms in total. The molecule has 0 saturated carbocycles. The Kier molecular flexibility index (Phi) is 5.60. The molecule has 0 aliphatic rings. The Morgan fingerprint density at radius 1 is 0.879 bits per heavy atom. The molecule has 5 heteroatoms. The standard InChI is InChI=1S/C28H23NO2S2/c1-19-11-13-21(14-12-19)25-18-32-28-24(25)17-29-26(15-20-7-4-3-5-8-20)27(28)22-9-6-10-23(16-22)33(2,30)31/h3-14,16-18H,15H2,1-2H3. The number of aromatic nitrogens is 1. The third-order valence-corrected chi connectivity index (χ3v) is 7.95. The van der Waals surface area contributed by atoms with Gasteiger partial charge in [-0.05, 0) is 41.1 Å². The first-order chi connectivity index (χ1) is 15.9. The third kappa shape index (κ3) is 4.34. The summed E-state index contributed by atoms with van der Waals surface area (Å²) in [5.41, 5.74) is 7.51. The average molecular weight is 470 g/mol. The fourth-order valence-corrected chi connectivity index (χ4v) is 5.90. The molecule has 0 saturated heterocycles. The molecule has 0 unspecified atom stereocenters. The minimum atomic E-state index is -3.32. The molecular formula is C28H23NO2S2. The SMILES string of the molecule is Cc1ccc(-c2csc3c(-c4cccc(S(C)(=O)=O)c4)c(Cc4ccccc4)ncc23)cc1. The van der Waals surface area contributed by atoms with Crippen molar-refractivity contribution in [2.75, 3.05) is 6.26 Å². The van der Waals surface area contributed by atoms with Crippen LogP contribution in [0.25, 0.3) is 32.3 Å². The van der Waals surface area contributed by atoms with Crippen LogP contribution in [0.1, 0.15) is 16.8 Å². The number of pyridine rings is 1. The van der Waals surface area contributed by atoms with Gasteiger partial charge in [-0.1, -0.05) is 72.3 Å². The topological polar surface area (TPSA) is 47.0 Å². The van der Waals surface area contributed by atoms with Crippen LogP contribution in [0.2, 0.25) is 0 Å². The van der Waals surface area contributed by atoms with Crippen molar-refractivity contribution in [3.05, 3.63) is 107 Å². The van der Waals surface area contributed by atoms with Gasteiger partial charge in [0, 0.05) is 40.1 Å². The minimum absolute atomic E-state index is 0.318. The number of benzene rings is 3. The highest BCUT2D eigenvalue weighted by molar-refractivity contribution is 7.90. The summed E-state index contributed by atoms with van der Waals surface area (Å²) in [5.74, 6) is 0. The van der Waals surface area contributed by atoms with E-state index in [1.165, 1.54) is 17.4 Å². The van der Waals surface area contributed by atoms with E-state index in [-0.39, 0.29) is 0 Å². The molecule has 33 heavy (non-hydrogen) atoms. The Morgan fingerprint density at radius 3 is 2.36 bits per heavy atom. The lowest BCUT2D eigenvalue weighted by Gasteiger charge is -2.12. The van der Waals surface area contributed by atoms with Crippen LogP contribution in [-0.2, 0) is 16.3 Å². The molecule has 0 fully saturated rings. The molecular weight excluding hydrogens is 446 g/mol. The van der Waals surface area contributed by atoms with Crippen LogP contribution in [0, 0.1) is 6.92 Å². The van der Waals surface area contributed by atoms with E-state index >= 15 is 0 Å². The molecule has 164 valence electrons. The van der Waals surface area contributed by atoms with Gasteiger partial charge in [0.1, 0.15) is 0 Å². The Balaban J connectivity index is 1.74. The van der Waals surface area contributed by atoms with Gasteiger partial charge >= 0.3 is 0 Å². The van der Waals surface area contributed by atoms with Gasteiger partial charge in [0.05, 0.1) is 10.6 Å². The summed E-state index contributed by atoms with van der Waals surface area (Å²) in [6, 6.07) is 26.0. The number of sulfone groups is 1. The van der Waals surface area contributed by atoms with Crippen molar-refractivity contribution >= 4 is 31.3 Å². The van der Waals surface area contributed by atoms with Crippen molar-refractivity contribution in [3.8, 4) is 22.3 Å². The number of nitrogens with zero attached hydrogens (tertiary/aromatic N) is 1. The highest BCUT2D eigenvalue weighted by Crippen LogP contribution is 2.41. The molecule has 2 heterocycles. The maximum Gasteiger partial charge on any atom is 0.175 e. The lowest BCUT2D eigenvalue weighted by atomic mass is 9.96. The normalized spacial score (nSPS) is 11.7. The highest BCUT2D eigenvalue weighted by Gasteiger charge is 2.18. The molecule has 0 aliphatic heterocycles. The van der Waals surface area contributed by atoms with Crippen molar-refractivity contribution in [1.82, 2.24) is 4.98 Å². The fourth-order valence-electron chi connectivity index (χ4n) is 4.09. The second-order valence-electron chi connectivity index (χ2n) is 8.30. The van der Waals surface area contributed by atoms with Crippen molar-refractivity contribution in [1.29, 1.82) is 0 Å². The second-order valence-corrected chi connectivity index (χ2v) is 11.2. The van der Waals surface area contributed by atoms with E-state index in [2.05, 4.69) is 48.7 Å². The Hall–Kier alpha value is -3.28. The van der Waals surface area contributed by atoms with Crippen molar-refractivity contribution in [2.24, 2.45) is 0 Å². The van der Waals surface area contributed by atoms with Gasteiger partial charge in [0.25, 0.3) is 0 Å². The molecule has 0 spiro atoms. The van der Waals surface area contributed by atoms with Crippen LogP contribution in [-0.4, -0.2) is 19.7 Å². The molecule has 0 bridgehead atoms. The lowest BCUT2D eigenvalue weighted by molar-refractivity contribution is 0.602. The lowest BCUT2D eigenvalue weighted by Crippen LogP contribution is -1.99. The predicted octanol–water partition coefficient (Wildman–Crippen LogP) is 6.93. The first-order valence-corrected chi connectivity index (χ1v) is 13.5. The number of thiophene rings is 1. The molecule has 0 atom stereocenters. The monoisotopic (exact) mass is 469 g/mol. The quantitative estimate of drug-likeness (QED) is 0.280. The number of fused-ring (bicyclic) bond motifs is 1. The molecule has 0 radical (unpaired) electrons. The largest absolute Gasteiger partial charge is 0.260 e. The van der Waals surface area contributed by atoms with Crippen LogP contribution in [0.4, 0.5) is 0 Å². The van der Waals surface area contributed by atoms with E-state index in [9.17, 15) is 8.42 Å². The van der Waals surface area contributed by atoms with E-state index in [0.29, 0.717) is 11.3 Å². The molecule has 0 amide bonds. The van der Waals surface area contributed by atoms with Crippen LogP contribution >= 0.6 is 11.3 Å². The summed E-state index contributed by atoms with van der Waals surface area (Å²) in [6.45, 7) is 2.08. The fraction of sp³-hybridized carbons (Fsp3) is 0.107. The third-order valence-electron chi connectivity index (χ3n) is 5.82. The van der Waals surface area contributed by atoms with Crippen LogP contribution in [0.5, 0.6) is 0 Å². The van der Waals surface area contributed by atoms with Crippen molar-refractivity contribution in [2.45, 2.75) is 18.2 Å². The predicted molar refractivity (Wildman–Crippen MR) is 138 cm³/mol. The van der Waals surface area contributed by atoms with Gasteiger partial charge in [0.2, 0.25) is 0 Å². The van der Waals surface area contributed by atoms with Gasteiger partial charge in [-0.15, -0.1) is 11.3 Å². The Bertz CT molecular complexity index is 1550. The van der Waals surface area contributed by atoms with Gasteiger partial charge in [-0.2, -0.15) is 0 Å². The van der Waals surface area contributed by atoms with E-state index in [1.54, 1.807) is 23.5 Å². The first-order valence-electron chi connectivity index (χ1n) is 10.7. The Labute approximate surface area is 198 Å². The van der Waals surface area contributed by atoms with E-state index in [4.69, 9.17) is 4.98 Å². The highest BCUT2D eigenvalue weighted by atomic mass is 32.2. The van der Waals surface area contributed by atoms with E-state index < -0.39 is 9.84 Å². The molecule has 5 aromatic rings. The van der Waals surface area contributed by atoms with Gasteiger partial charge < -0.3 is 0 Å². The van der Waals surface area contributed by atoms with E-state index in [1.807, 2.05) is 36.5 Å². The number of hydrogen-bond acceptors (Lipinski definition) is 4. The zero-order valence-corrected chi connectivity index (χ0v) is 20.1. The first kappa shape index (κ1) is 21.6. The number of hydrogen-bond donors (Lipinski definition) is 0. The Morgan fingerprint density at radius 2 is 1.64 bits per heavy atom. The van der Waals surface area contributed by atoms with Crippen LogP contribution < -0.4 is 0 Å². The van der Waals surface area contributed by atoms with Crippen LogP contribution in [0.3, 0.4) is 0 Å². The summed E-state index contributed by atoms with van der Waals surface area (Å²) in [6.07, 6.45) is 3.88. The van der Waals surface area contributed by atoms with Crippen LogP contribution in [0.15, 0.2) is 95.3 Å². The van der Waals surface area contributed by atoms with Gasteiger partial charge in [-0.3, -0.25) is 4.98 Å². The molecule has 0 N–H and O–H groups in total. The molecule has 2 aromatic heterocycles. The average Bonchev–Trinajstić information content (AvgIpc) is 3.24. The maximum absolute atomic E-state index is 12.3. The summed E-state index contributed by atoms with van der Waals surface area (Å²) < 4.78 is 25.6. The molecule has 5 rings (SSSR count). The zero-order valence-electron chi connectivity index (χ0n) is 18.4. The summed E-state index contributed by atoms with van der Waals surface area (Å²) >= 11 is 1.68. The minimum Gasteiger partial charge on any atom is -0.260 e. The van der Waals surface area contributed by atoms with Gasteiger partial charge in [-0.25, -0.2) is 8.42 Å².